The summed E-state index contributed by atoms with van der Waals surface area (Å²) in [4.78, 5) is 4.01. The Morgan fingerprint density at radius 1 is 1.35 bits per heavy atom. The Balaban J connectivity index is 2.32. The number of aryl methyl sites for hydroxylation is 1. The third kappa shape index (κ3) is 6.14. The van der Waals surface area contributed by atoms with Gasteiger partial charge in [0.25, 0.3) is 0 Å². The van der Waals surface area contributed by atoms with Gasteiger partial charge in [-0.15, -0.1) is 0 Å². The molecule has 1 rings (SSSR count). The van der Waals surface area contributed by atoms with Crippen LogP contribution in [0.2, 0.25) is 0 Å². The third-order valence-corrected chi connectivity index (χ3v) is 2.39. The molecule has 2 nitrogen and oxygen atoms in total. The van der Waals surface area contributed by atoms with Gasteiger partial charge in [-0.05, 0) is 38.3 Å². The fourth-order valence-corrected chi connectivity index (χ4v) is 1.60. The molecule has 1 aromatic rings. The summed E-state index contributed by atoms with van der Waals surface area (Å²) in [6.07, 6.45) is -0.715. The number of halogens is 3. The molecule has 0 amide bonds. The fraction of sp³-hybridized carbons (Fsp3) is 0.583. The topological polar surface area (TPSA) is 24.9 Å². The van der Waals surface area contributed by atoms with E-state index in [1.807, 2.05) is 19.9 Å². The number of anilines is 1. The smallest absolute Gasteiger partial charge is 0.381 e. The largest absolute Gasteiger partial charge is 0.389 e. The van der Waals surface area contributed by atoms with Crippen molar-refractivity contribution in [3.8, 4) is 0 Å². The van der Waals surface area contributed by atoms with Gasteiger partial charge in [0.05, 0.1) is 5.69 Å². The van der Waals surface area contributed by atoms with Gasteiger partial charge in [0, 0.05) is 24.9 Å². The Kier molecular flexibility index (Phi) is 4.78. The van der Waals surface area contributed by atoms with Crippen LogP contribution < -0.4 is 5.32 Å². The van der Waals surface area contributed by atoms with E-state index >= 15 is 0 Å². The molecular weight excluding hydrogens is 229 g/mol. The SMILES string of the molecule is Cc1cncc(NC(C)CCCC(F)(F)F)c1. The summed E-state index contributed by atoms with van der Waals surface area (Å²) in [5, 5.41) is 3.14. The van der Waals surface area contributed by atoms with E-state index in [2.05, 4.69) is 10.3 Å². The molecule has 0 fully saturated rings. The molecule has 1 N–H and O–H groups in total. The molecule has 5 heteroatoms. The van der Waals surface area contributed by atoms with Crippen LogP contribution in [-0.4, -0.2) is 17.2 Å². The van der Waals surface area contributed by atoms with Gasteiger partial charge in [-0.3, -0.25) is 4.98 Å². The summed E-state index contributed by atoms with van der Waals surface area (Å²) in [5.74, 6) is 0. The minimum atomic E-state index is -4.05. The van der Waals surface area contributed by atoms with E-state index in [0.29, 0.717) is 6.42 Å². The van der Waals surface area contributed by atoms with Crippen LogP contribution in [0.3, 0.4) is 0 Å². The molecule has 0 aromatic carbocycles. The van der Waals surface area contributed by atoms with Gasteiger partial charge in [0.2, 0.25) is 0 Å². The molecule has 0 radical (unpaired) electrons. The van der Waals surface area contributed by atoms with E-state index in [1.165, 1.54) is 0 Å². The highest BCUT2D eigenvalue weighted by molar-refractivity contribution is 5.43. The second kappa shape index (κ2) is 5.89. The number of nitrogens with zero attached hydrogens (tertiary/aromatic N) is 1. The summed E-state index contributed by atoms with van der Waals surface area (Å²) < 4.78 is 35.9. The summed E-state index contributed by atoms with van der Waals surface area (Å²) in [6, 6.07) is 1.94. The van der Waals surface area contributed by atoms with Crippen molar-refractivity contribution in [2.24, 2.45) is 0 Å². The molecule has 96 valence electrons. The average molecular weight is 246 g/mol. The fourth-order valence-electron chi connectivity index (χ4n) is 1.60. The Morgan fingerprint density at radius 2 is 2.06 bits per heavy atom. The van der Waals surface area contributed by atoms with E-state index in [4.69, 9.17) is 0 Å². The number of alkyl halides is 3. The monoisotopic (exact) mass is 246 g/mol. The van der Waals surface area contributed by atoms with Crippen LogP contribution in [0.4, 0.5) is 18.9 Å². The minimum Gasteiger partial charge on any atom is -0.381 e. The van der Waals surface area contributed by atoms with Crippen LogP contribution in [0.1, 0.15) is 31.7 Å². The lowest BCUT2D eigenvalue weighted by Gasteiger charge is -2.15. The number of aromatic nitrogens is 1. The highest BCUT2D eigenvalue weighted by Crippen LogP contribution is 2.23. The molecule has 0 saturated heterocycles. The molecule has 1 atom stereocenters. The van der Waals surface area contributed by atoms with Gasteiger partial charge in [-0.1, -0.05) is 0 Å². The molecule has 0 aliphatic rings. The standard InChI is InChI=1S/C12H17F3N2/c1-9-6-11(8-16-7-9)17-10(2)4-3-5-12(13,14)15/h6-8,10,17H,3-5H2,1-2H3. The lowest BCUT2D eigenvalue weighted by atomic mass is 10.1. The van der Waals surface area contributed by atoms with Crippen molar-refractivity contribution in [2.45, 2.75) is 45.3 Å². The maximum absolute atomic E-state index is 12.0. The summed E-state index contributed by atoms with van der Waals surface area (Å²) in [7, 11) is 0. The van der Waals surface area contributed by atoms with Crippen LogP contribution in [0.5, 0.6) is 0 Å². The van der Waals surface area contributed by atoms with Crippen molar-refractivity contribution < 1.29 is 13.2 Å². The summed E-state index contributed by atoms with van der Waals surface area (Å²) in [5.41, 5.74) is 1.88. The maximum atomic E-state index is 12.0. The quantitative estimate of drug-likeness (QED) is 0.851. The zero-order valence-electron chi connectivity index (χ0n) is 10.0. The van der Waals surface area contributed by atoms with E-state index in [0.717, 1.165) is 11.3 Å². The predicted molar refractivity (Wildman–Crippen MR) is 62.0 cm³/mol. The van der Waals surface area contributed by atoms with Gasteiger partial charge in [-0.25, -0.2) is 0 Å². The molecular formula is C12H17F3N2. The molecule has 0 aliphatic carbocycles. The second-order valence-corrected chi connectivity index (χ2v) is 4.30. The predicted octanol–water partition coefficient (Wildman–Crippen LogP) is 3.92. The lowest BCUT2D eigenvalue weighted by molar-refractivity contribution is -0.135. The van der Waals surface area contributed by atoms with Gasteiger partial charge in [0.1, 0.15) is 0 Å². The Morgan fingerprint density at radius 3 is 2.65 bits per heavy atom. The third-order valence-electron chi connectivity index (χ3n) is 2.39. The van der Waals surface area contributed by atoms with Gasteiger partial charge >= 0.3 is 6.18 Å². The molecule has 0 aliphatic heterocycles. The molecule has 1 unspecified atom stereocenters. The van der Waals surface area contributed by atoms with Crippen LogP contribution in [0.15, 0.2) is 18.5 Å². The van der Waals surface area contributed by atoms with Crippen molar-refractivity contribution in [2.75, 3.05) is 5.32 Å². The van der Waals surface area contributed by atoms with Crippen LogP contribution in [0.25, 0.3) is 0 Å². The minimum absolute atomic E-state index is 0.0148. The maximum Gasteiger partial charge on any atom is 0.389 e. The highest BCUT2D eigenvalue weighted by Gasteiger charge is 2.26. The Hall–Kier alpha value is -1.26. The second-order valence-electron chi connectivity index (χ2n) is 4.30. The van der Waals surface area contributed by atoms with Crippen molar-refractivity contribution in [3.63, 3.8) is 0 Å². The Labute approximate surface area is 99.3 Å². The van der Waals surface area contributed by atoms with Gasteiger partial charge < -0.3 is 5.32 Å². The van der Waals surface area contributed by atoms with Crippen molar-refractivity contribution in [1.82, 2.24) is 4.98 Å². The normalized spacial score (nSPS) is 13.5. The van der Waals surface area contributed by atoms with Crippen molar-refractivity contribution in [1.29, 1.82) is 0 Å². The molecule has 0 spiro atoms. The van der Waals surface area contributed by atoms with Crippen molar-refractivity contribution in [3.05, 3.63) is 24.0 Å². The highest BCUT2D eigenvalue weighted by atomic mass is 19.4. The van der Waals surface area contributed by atoms with E-state index < -0.39 is 12.6 Å². The first-order chi connectivity index (χ1) is 7.87. The molecule has 0 bridgehead atoms. The number of pyridine rings is 1. The zero-order chi connectivity index (χ0) is 12.9. The number of hydrogen-bond acceptors (Lipinski definition) is 2. The average Bonchev–Trinajstić information content (AvgIpc) is 2.15. The Bertz CT molecular complexity index is 350. The molecule has 0 saturated carbocycles. The molecule has 1 heterocycles. The van der Waals surface area contributed by atoms with Gasteiger partial charge in [0.15, 0.2) is 0 Å². The molecule has 1 aromatic heterocycles. The van der Waals surface area contributed by atoms with Crippen LogP contribution in [-0.2, 0) is 0 Å². The van der Waals surface area contributed by atoms with Gasteiger partial charge in [-0.2, -0.15) is 13.2 Å². The van der Waals surface area contributed by atoms with E-state index in [-0.39, 0.29) is 12.5 Å². The zero-order valence-corrected chi connectivity index (χ0v) is 10.0. The number of rotatable bonds is 5. The first-order valence-corrected chi connectivity index (χ1v) is 5.62. The van der Waals surface area contributed by atoms with Crippen molar-refractivity contribution >= 4 is 5.69 Å². The lowest BCUT2D eigenvalue weighted by Crippen LogP contribution is -2.16. The summed E-state index contributed by atoms with van der Waals surface area (Å²) in [6.45, 7) is 3.80. The van der Waals surface area contributed by atoms with E-state index in [9.17, 15) is 13.2 Å². The van der Waals surface area contributed by atoms with Crippen LogP contribution in [0, 0.1) is 6.92 Å². The van der Waals surface area contributed by atoms with Crippen LogP contribution >= 0.6 is 0 Å². The number of nitrogens with one attached hydrogen (secondary N) is 1. The molecule has 17 heavy (non-hydrogen) atoms. The van der Waals surface area contributed by atoms with E-state index in [1.54, 1.807) is 12.4 Å². The summed E-state index contributed by atoms with van der Waals surface area (Å²) >= 11 is 0. The number of hydrogen-bond donors (Lipinski definition) is 1. The first-order valence-electron chi connectivity index (χ1n) is 5.62. The first kappa shape index (κ1) is 13.8.